The summed E-state index contributed by atoms with van der Waals surface area (Å²) in [5.74, 6) is 0. The number of carbonyl (C=O) groups excluding carboxylic acids is 2. The first-order valence-corrected chi connectivity index (χ1v) is 8.83. The molecule has 0 aliphatic heterocycles. The van der Waals surface area contributed by atoms with Crippen LogP contribution < -0.4 is 0 Å². The number of isocyanates is 2. The Kier molecular flexibility index (Phi) is 6.80. The van der Waals surface area contributed by atoms with Crippen molar-refractivity contribution in [3.63, 3.8) is 0 Å². The molecule has 0 aliphatic rings. The minimum Gasteiger partial charge on any atom is -0.211 e. The Morgan fingerprint density at radius 3 is 2.23 bits per heavy atom. The van der Waals surface area contributed by atoms with E-state index in [1.807, 2.05) is 13.8 Å². The number of aliphatic imine (C=N–C) groups is 2. The van der Waals surface area contributed by atoms with Crippen LogP contribution in [0.3, 0.4) is 0 Å². The van der Waals surface area contributed by atoms with E-state index in [9.17, 15) is 9.59 Å². The zero-order valence-corrected chi connectivity index (χ0v) is 15.8. The molecular weight excluding hydrogens is 324 g/mol. The Balaban J connectivity index is 2.19. The first kappa shape index (κ1) is 19.5. The average Bonchev–Trinajstić information content (AvgIpc) is 2.62. The average molecular weight is 348 g/mol. The molecule has 0 aromatic heterocycles. The van der Waals surface area contributed by atoms with E-state index in [1.165, 1.54) is 16.7 Å². The Labute approximate surface area is 154 Å². The number of unbranched alkanes of at least 4 members (excludes halogenated alkanes) is 1. The lowest BCUT2D eigenvalue weighted by Crippen LogP contribution is -1.97. The topological polar surface area (TPSA) is 58.9 Å². The quantitative estimate of drug-likeness (QED) is 0.381. The number of nitrogens with zero attached hydrogens (tertiary/aromatic N) is 2. The van der Waals surface area contributed by atoms with E-state index in [2.05, 4.69) is 42.0 Å². The molecule has 0 N–H and O–H groups in total. The van der Waals surface area contributed by atoms with E-state index in [-0.39, 0.29) is 0 Å². The van der Waals surface area contributed by atoms with E-state index in [1.54, 1.807) is 18.2 Å². The summed E-state index contributed by atoms with van der Waals surface area (Å²) >= 11 is 0. The van der Waals surface area contributed by atoms with Gasteiger partial charge in [0.1, 0.15) is 11.4 Å². The fourth-order valence-corrected chi connectivity index (χ4v) is 3.26. The third-order valence-electron chi connectivity index (χ3n) is 5.09. The summed E-state index contributed by atoms with van der Waals surface area (Å²) in [6, 6.07) is 8.17. The standard InChI is InChI=1S/C22H24N2O2/c1-15-8-7-10-19(17(15)3)9-5-6-11-20-18(4)16(2)12-21(23-13-25)22(20)24-14-26/h7-8,10,12H,5-6,9,11H2,1-4H3. The van der Waals surface area contributed by atoms with Crippen molar-refractivity contribution < 1.29 is 9.59 Å². The van der Waals surface area contributed by atoms with Gasteiger partial charge in [0.2, 0.25) is 12.2 Å². The molecule has 0 heterocycles. The highest BCUT2D eigenvalue weighted by Gasteiger charge is 2.14. The van der Waals surface area contributed by atoms with Gasteiger partial charge in [0.15, 0.2) is 0 Å². The first-order valence-electron chi connectivity index (χ1n) is 8.83. The molecular formula is C22H24N2O2. The molecule has 134 valence electrons. The maximum Gasteiger partial charge on any atom is 0.240 e. The van der Waals surface area contributed by atoms with E-state index in [0.29, 0.717) is 11.4 Å². The zero-order valence-electron chi connectivity index (χ0n) is 15.8. The summed E-state index contributed by atoms with van der Waals surface area (Å²) in [4.78, 5) is 29.0. The van der Waals surface area contributed by atoms with E-state index < -0.39 is 0 Å². The van der Waals surface area contributed by atoms with Crippen molar-refractivity contribution >= 4 is 23.5 Å². The van der Waals surface area contributed by atoms with Gasteiger partial charge in [-0.2, -0.15) is 9.98 Å². The monoisotopic (exact) mass is 348 g/mol. The lowest BCUT2D eigenvalue weighted by atomic mass is 9.94. The number of benzene rings is 2. The van der Waals surface area contributed by atoms with Gasteiger partial charge in [0, 0.05) is 0 Å². The zero-order chi connectivity index (χ0) is 19.1. The molecule has 0 bridgehead atoms. The Morgan fingerprint density at radius 1 is 0.846 bits per heavy atom. The van der Waals surface area contributed by atoms with Crippen LogP contribution in [0.5, 0.6) is 0 Å². The first-order chi connectivity index (χ1) is 12.5. The predicted molar refractivity (Wildman–Crippen MR) is 104 cm³/mol. The molecule has 0 unspecified atom stereocenters. The van der Waals surface area contributed by atoms with Gasteiger partial charge >= 0.3 is 0 Å². The molecule has 0 saturated carbocycles. The van der Waals surface area contributed by atoms with Crippen LogP contribution in [0.1, 0.15) is 46.2 Å². The summed E-state index contributed by atoms with van der Waals surface area (Å²) in [5, 5.41) is 0. The van der Waals surface area contributed by atoms with Crippen LogP contribution in [0, 0.1) is 27.7 Å². The third-order valence-corrected chi connectivity index (χ3v) is 5.09. The normalized spacial score (nSPS) is 10.2. The molecule has 4 heteroatoms. The van der Waals surface area contributed by atoms with Gasteiger partial charge < -0.3 is 0 Å². The van der Waals surface area contributed by atoms with Crippen LogP contribution in [0.2, 0.25) is 0 Å². The lowest BCUT2D eigenvalue weighted by Gasteiger charge is -2.14. The molecule has 26 heavy (non-hydrogen) atoms. The van der Waals surface area contributed by atoms with Crippen LogP contribution in [0.25, 0.3) is 0 Å². The molecule has 2 rings (SSSR count). The van der Waals surface area contributed by atoms with Crippen LogP contribution in [0.4, 0.5) is 11.4 Å². The summed E-state index contributed by atoms with van der Waals surface area (Å²) < 4.78 is 0. The largest absolute Gasteiger partial charge is 0.240 e. The smallest absolute Gasteiger partial charge is 0.211 e. The molecule has 0 amide bonds. The van der Waals surface area contributed by atoms with Crippen LogP contribution in [0.15, 0.2) is 34.3 Å². The minimum absolute atomic E-state index is 0.385. The van der Waals surface area contributed by atoms with Gasteiger partial charge in [-0.3, -0.25) is 0 Å². The van der Waals surface area contributed by atoms with Crippen molar-refractivity contribution in [1.29, 1.82) is 0 Å². The Hall–Kier alpha value is -2.80. The van der Waals surface area contributed by atoms with Crippen molar-refractivity contribution in [2.45, 2.75) is 53.4 Å². The van der Waals surface area contributed by atoms with Crippen LogP contribution in [-0.4, -0.2) is 12.2 Å². The molecule has 0 spiro atoms. The maximum absolute atomic E-state index is 10.8. The number of hydrogen-bond donors (Lipinski definition) is 0. The van der Waals surface area contributed by atoms with Crippen molar-refractivity contribution in [1.82, 2.24) is 0 Å². The Morgan fingerprint density at radius 2 is 1.54 bits per heavy atom. The predicted octanol–water partition coefficient (Wildman–Crippen LogP) is 5.42. The van der Waals surface area contributed by atoms with Crippen molar-refractivity contribution in [2.24, 2.45) is 9.98 Å². The van der Waals surface area contributed by atoms with Gasteiger partial charge in [-0.25, -0.2) is 9.59 Å². The second-order valence-corrected chi connectivity index (χ2v) is 6.64. The Bertz CT molecular complexity index is 903. The SMILES string of the molecule is Cc1cccc(CCCCc2c(C)c(C)cc(N=C=O)c2N=C=O)c1C. The summed E-state index contributed by atoms with van der Waals surface area (Å²) in [7, 11) is 0. The highest BCUT2D eigenvalue weighted by atomic mass is 16.1. The molecule has 2 aromatic carbocycles. The highest BCUT2D eigenvalue weighted by molar-refractivity contribution is 5.74. The fraction of sp³-hybridized carbons (Fsp3) is 0.364. The van der Waals surface area contributed by atoms with Crippen molar-refractivity contribution in [3.05, 3.63) is 57.6 Å². The maximum atomic E-state index is 10.8. The number of hydrogen-bond acceptors (Lipinski definition) is 4. The second-order valence-electron chi connectivity index (χ2n) is 6.64. The molecule has 0 aliphatic carbocycles. The number of rotatable bonds is 7. The fourth-order valence-electron chi connectivity index (χ4n) is 3.26. The van der Waals surface area contributed by atoms with Crippen LogP contribution in [-0.2, 0) is 22.4 Å². The lowest BCUT2D eigenvalue weighted by molar-refractivity contribution is 0.564. The molecule has 0 atom stereocenters. The summed E-state index contributed by atoms with van der Waals surface area (Å²) in [6.07, 6.45) is 6.92. The third kappa shape index (κ3) is 4.43. The van der Waals surface area contributed by atoms with E-state index >= 15 is 0 Å². The van der Waals surface area contributed by atoms with Crippen molar-refractivity contribution in [2.75, 3.05) is 0 Å². The van der Waals surface area contributed by atoms with E-state index in [4.69, 9.17) is 0 Å². The van der Waals surface area contributed by atoms with Gasteiger partial charge in [-0.15, -0.1) is 0 Å². The van der Waals surface area contributed by atoms with E-state index in [0.717, 1.165) is 42.4 Å². The molecule has 0 radical (unpaired) electrons. The minimum atomic E-state index is 0.385. The molecule has 0 fully saturated rings. The van der Waals surface area contributed by atoms with Gasteiger partial charge in [-0.1, -0.05) is 18.2 Å². The van der Waals surface area contributed by atoms with Gasteiger partial charge in [-0.05, 0) is 92.8 Å². The molecule has 0 saturated heterocycles. The highest BCUT2D eigenvalue weighted by Crippen LogP contribution is 2.36. The summed E-state index contributed by atoms with van der Waals surface area (Å²) in [6.45, 7) is 8.27. The number of aryl methyl sites for hydroxylation is 3. The molecule has 4 nitrogen and oxygen atoms in total. The van der Waals surface area contributed by atoms with Gasteiger partial charge in [0.25, 0.3) is 0 Å². The molecule has 2 aromatic rings. The van der Waals surface area contributed by atoms with Crippen molar-refractivity contribution in [3.8, 4) is 0 Å². The van der Waals surface area contributed by atoms with Gasteiger partial charge in [0.05, 0.1) is 0 Å². The second kappa shape index (κ2) is 9.05. The summed E-state index contributed by atoms with van der Waals surface area (Å²) in [5.41, 5.74) is 7.94. The van der Waals surface area contributed by atoms with Crippen LogP contribution >= 0.6 is 0 Å².